The molecular formula is C14H16FN3O2. The molecule has 6 heteroatoms. The average Bonchev–Trinajstić information content (AvgIpc) is 3.10. The number of nitrogens with one attached hydrogen (secondary N) is 1. The van der Waals surface area contributed by atoms with Crippen molar-refractivity contribution < 1.29 is 13.7 Å². The Morgan fingerprint density at radius 1 is 1.30 bits per heavy atom. The summed E-state index contributed by atoms with van der Waals surface area (Å²) in [6.07, 6.45) is 2.91. The molecule has 1 aromatic carbocycles. The minimum atomic E-state index is -0.249. The van der Waals surface area contributed by atoms with Gasteiger partial charge in [-0.1, -0.05) is 17.3 Å². The van der Waals surface area contributed by atoms with Crippen molar-refractivity contribution in [1.82, 2.24) is 10.1 Å². The van der Waals surface area contributed by atoms with E-state index < -0.39 is 0 Å². The molecule has 5 nitrogen and oxygen atoms in total. The second-order valence-electron chi connectivity index (χ2n) is 4.83. The van der Waals surface area contributed by atoms with Crippen molar-refractivity contribution in [3.63, 3.8) is 0 Å². The molecule has 1 fully saturated rings. The SMILES string of the molecule is Fc1ccc(Cc2noc(NC[C@H]3CCCO3)n2)cc1. The maximum atomic E-state index is 12.8. The van der Waals surface area contributed by atoms with Crippen LogP contribution in [0.1, 0.15) is 24.2 Å². The van der Waals surface area contributed by atoms with E-state index in [9.17, 15) is 4.39 Å². The van der Waals surface area contributed by atoms with Crippen LogP contribution in [0.2, 0.25) is 0 Å². The van der Waals surface area contributed by atoms with E-state index in [1.165, 1.54) is 12.1 Å². The Hall–Kier alpha value is -1.95. The van der Waals surface area contributed by atoms with Gasteiger partial charge in [0.1, 0.15) is 5.82 Å². The third kappa shape index (κ3) is 3.33. The topological polar surface area (TPSA) is 60.2 Å². The molecule has 1 aromatic heterocycles. The molecule has 3 rings (SSSR count). The Kier molecular flexibility index (Phi) is 3.92. The van der Waals surface area contributed by atoms with E-state index in [2.05, 4.69) is 15.5 Å². The second-order valence-corrected chi connectivity index (χ2v) is 4.83. The number of ether oxygens (including phenoxy) is 1. The molecule has 0 bridgehead atoms. The van der Waals surface area contributed by atoms with E-state index in [4.69, 9.17) is 9.26 Å². The number of halogens is 1. The van der Waals surface area contributed by atoms with Crippen LogP contribution in [0.15, 0.2) is 28.8 Å². The van der Waals surface area contributed by atoms with Gasteiger partial charge in [-0.25, -0.2) is 4.39 Å². The lowest BCUT2D eigenvalue weighted by molar-refractivity contribution is 0.120. The van der Waals surface area contributed by atoms with Crippen molar-refractivity contribution in [3.8, 4) is 0 Å². The van der Waals surface area contributed by atoms with Gasteiger partial charge in [-0.05, 0) is 30.5 Å². The summed E-state index contributed by atoms with van der Waals surface area (Å²) < 4.78 is 23.4. The second kappa shape index (κ2) is 6.00. The summed E-state index contributed by atoms with van der Waals surface area (Å²) in [6.45, 7) is 1.50. The lowest BCUT2D eigenvalue weighted by Crippen LogP contribution is -2.18. The minimum Gasteiger partial charge on any atom is -0.376 e. The van der Waals surface area contributed by atoms with Gasteiger partial charge in [-0.15, -0.1) is 0 Å². The molecule has 2 heterocycles. The molecule has 106 valence electrons. The molecule has 1 saturated heterocycles. The Balaban J connectivity index is 1.54. The van der Waals surface area contributed by atoms with E-state index >= 15 is 0 Å². The Labute approximate surface area is 116 Å². The molecule has 1 aliphatic rings. The van der Waals surface area contributed by atoms with Gasteiger partial charge in [-0.3, -0.25) is 0 Å². The molecule has 0 spiro atoms. The van der Waals surface area contributed by atoms with Crippen molar-refractivity contribution in [2.24, 2.45) is 0 Å². The first-order chi connectivity index (χ1) is 9.79. The Morgan fingerprint density at radius 3 is 2.90 bits per heavy atom. The van der Waals surface area contributed by atoms with E-state index in [-0.39, 0.29) is 11.9 Å². The highest BCUT2D eigenvalue weighted by molar-refractivity contribution is 5.23. The zero-order valence-electron chi connectivity index (χ0n) is 11.0. The van der Waals surface area contributed by atoms with Crippen molar-refractivity contribution in [3.05, 3.63) is 41.5 Å². The highest BCUT2D eigenvalue weighted by atomic mass is 19.1. The quantitative estimate of drug-likeness (QED) is 0.909. The van der Waals surface area contributed by atoms with Crippen molar-refractivity contribution in [2.45, 2.75) is 25.4 Å². The van der Waals surface area contributed by atoms with Gasteiger partial charge in [0, 0.05) is 19.6 Å². The summed E-state index contributed by atoms with van der Waals surface area (Å²) in [4.78, 5) is 4.25. The number of rotatable bonds is 5. The molecule has 1 atom stereocenters. The fraction of sp³-hybridized carbons (Fsp3) is 0.429. The van der Waals surface area contributed by atoms with Crippen LogP contribution in [0.3, 0.4) is 0 Å². The zero-order valence-corrected chi connectivity index (χ0v) is 11.0. The van der Waals surface area contributed by atoms with E-state index in [1.807, 2.05) is 0 Å². The summed E-state index contributed by atoms with van der Waals surface area (Å²) >= 11 is 0. The van der Waals surface area contributed by atoms with Crippen LogP contribution in [0.4, 0.5) is 10.4 Å². The monoisotopic (exact) mass is 277 g/mol. The van der Waals surface area contributed by atoms with Crippen LogP contribution in [-0.2, 0) is 11.2 Å². The van der Waals surface area contributed by atoms with Crippen molar-refractivity contribution >= 4 is 6.01 Å². The first-order valence-electron chi connectivity index (χ1n) is 6.72. The summed E-state index contributed by atoms with van der Waals surface area (Å²) in [7, 11) is 0. The van der Waals surface area contributed by atoms with Gasteiger partial charge in [0.2, 0.25) is 0 Å². The van der Waals surface area contributed by atoms with E-state index in [0.29, 0.717) is 24.8 Å². The molecule has 0 amide bonds. The van der Waals surface area contributed by atoms with Gasteiger partial charge in [0.05, 0.1) is 6.10 Å². The largest absolute Gasteiger partial charge is 0.376 e. The molecule has 1 aliphatic heterocycles. The highest BCUT2D eigenvalue weighted by Gasteiger charge is 2.16. The minimum absolute atomic E-state index is 0.224. The summed E-state index contributed by atoms with van der Waals surface area (Å²) in [5, 5.41) is 6.97. The molecule has 1 N–H and O–H groups in total. The molecule has 0 aliphatic carbocycles. The fourth-order valence-electron chi connectivity index (χ4n) is 2.19. The van der Waals surface area contributed by atoms with Crippen LogP contribution in [0.25, 0.3) is 0 Å². The van der Waals surface area contributed by atoms with E-state index in [1.54, 1.807) is 12.1 Å². The number of benzene rings is 1. The predicted molar refractivity (Wildman–Crippen MR) is 71.0 cm³/mol. The zero-order chi connectivity index (χ0) is 13.8. The smallest absolute Gasteiger partial charge is 0.321 e. The molecule has 0 unspecified atom stereocenters. The lowest BCUT2D eigenvalue weighted by Gasteiger charge is -2.07. The number of hydrogen-bond acceptors (Lipinski definition) is 5. The van der Waals surface area contributed by atoms with Gasteiger partial charge in [0.25, 0.3) is 0 Å². The van der Waals surface area contributed by atoms with Crippen LogP contribution in [-0.4, -0.2) is 29.4 Å². The molecule has 20 heavy (non-hydrogen) atoms. The normalized spacial score (nSPS) is 18.4. The van der Waals surface area contributed by atoms with Gasteiger partial charge in [-0.2, -0.15) is 4.98 Å². The molecule has 2 aromatic rings. The maximum Gasteiger partial charge on any atom is 0.321 e. The van der Waals surface area contributed by atoms with Crippen LogP contribution < -0.4 is 5.32 Å². The van der Waals surface area contributed by atoms with Crippen LogP contribution in [0.5, 0.6) is 0 Å². The first kappa shape index (κ1) is 13.1. The number of aromatic nitrogens is 2. The number of nitrogens with zero attached hydrogens (tertiary/aromatic N) is 2. The summed E-state index contributed by atoms with van der Waals surface area (Å²) in [5.41, 5.74) is 0.942. The third-order valence-electron chi connectivity index (χ3n) is 3.25. The van der Waals surface area contributed by atoms with Gasteiger partial charge < -0.3 is 14.6 Å². The highest BCUT2D eigenvalue weighted by Crippen LogP contribution is 2.14. The summed E-state index contributed by atoms with van der Waals surface area (Å²) in [5.74, 6) is 0.326. The number of hydrogen-bond donors (Lipinski definition) is 1. The average molecular weight is 277 g/mol. The van der Waals surface area contributed by atoms with Crippen LogP contribution >= 0.6 is 0 Å². The lowest BCUT2D eigenvalue weighted by atomic mass is 10.1. The fourth-order valence-corrected chi connectivity index (χ4v) is 2.19. The van der Waals surface area contributed by atoms with Crippen LogP contribution in [0, 0.1) is 5.82 Å². The standard InChI is InChI=1S/C14H16FN3O2/c15-11-5-3-10(4-6-11)8-13-17-14(20-18-13)16-9-12-2-1-7-19-12/h3-6,12H,1-2,7-9H2,(H,16,17,18)/t12-/m1/s1. The van der Waals surface area contributed by atoms with Crippen molar-refractivity contribution in [1.29, 1.82) is 0 Å². The van der Waals surface area contributed by atoms with Gasteiger partial charge in [0.15, 0.2) is 5.82 Å². The molecule has 0 radical (unpaired) electrons. The molecular weight excluding hydrogens is 261 g/mol. The predicted octanol–water partition coefficient (Wildman–Crippen LogP) is 2.39. The third-order valence-corrected chi connectivity index (χ3v) is 3.25. The first-order valence-corrected chi connectivity index (χ1v) is 6.72. The summed E-state index contributed by atoms with van der Waals surface area (Å²) in [6, 6.07) is 6.67. The maximum absolute atomic E-state index is 12.8. The van der Waals surface area contributed by atoms with Crippen molar-refractivity contribution in [2.75, 3.05) is 18.5 Å². The van der Waals surface area contributed by atoms with E-state index in [0.717, 1.165) is 25.0 Å². The van der Waals surface area contributed by atoms with Gasteiger partial charge >= 0.3 is 6.01 Å². The number of anilines is 1. The Bertz CT molecular complexity index is 550. The molecule has 0 saturated carbocycles. The Morgan fingerprint density at radius 2 is 2.15 bits per heavy atom.